The van der Waals surface area contributed by atoms with Gasteiger partial charge in [0.1, 0.15) is 0 Å². The third kappa shape index (κ3) is 6.06. The van der Waals surface area contributed by atoms with Crippen molar-refractivity contribution in [2.45, 2.75) is 6.92 Å². The molecule has 6 nitrogen and oxygen atoms in total. The number of hydrogen-bond acceptors (Lipinski definition) is 1. The van der Waals surface area contributed by atoms with Crippen LogP contribution in [-0.4, -0.2) is 25.8 Å². The molecule has 5 heterocycles. The van der Waals surface area contributed by atoms with E-state index in [0.29, 0.717) is 11.3 Å². The second kappa shape index (κ2) is 13.7. The van der Waals surface area contributed by atoms with Crippen molar-refractivity contribution in [1.29, 1.82) is 0 Å². The molecule has 6 heteroatoms. The summed E-state index contributed by atoms with van der Waals surface area (Å²) in [5, 5.41) is 6.86. The highest BCUT2D eigenvalue weighted by atomic mass is 16.1. The van der Waals surface area contributed by atoms with Crippen LogP contribution in [0.5, 0.6) is 0 Å². The topological polar surface area (TPSA) is 92.3 Å². The van der Waals surface area contributed by atoms with Gasteiger partial charge < -0.3 is 25.3 Å². The number of fused-ring (bicyclic) bond motifs is 8. The number of benzene rings is 4. The van der Waals surface area contributed by atoms with Crippen LogP contribution in [0.25, 0.3) is 22.3 Å². The summed E-state index contributed by atoms with van der Waals surface area (Å²) in [7, 11) is 0. The molecular formula is C48H37N5O. The van der Waals surface area contributed by atoms with Crippen LogP contribution >= 0.6 is 0 Å². The minimum atomic E-state index is -0.204. The first-order valence-electron chi connectivity index (χ1n) is 18.0. The van der Waals surface area contributed by atoms with E-state index in [9.17, 15) is 4.79 Å². The molecule has 0 radical (unpaired) electrons. The summed E-state index contributed by atoms with van der Waals surface area (Å²) < 4.78 is 0. The quantitative estimate of drug-likeness (QED) is 0.121. The lowest BCUT2D eigenvalue weighted by atomic mass is 10.0. The van der Waals surface area contributed by atoms with Gasteiger partial charge in [-0.1, -0.05) is 110 Å². The molecule has 0 atom stereocenters. The Morgan fingerprint density at radius 2 is 0.722 bits per heavy atom. The first-order valence-corrected chi connectivity index (χ1v) is 18.0. The Morgan fingerprint density at radius 1 is 0.407 bits per heavy atom. The lowest BCUT2D eigenvalue weighted by molar-refractivity contribution is -0.112. The summed E-state index contributed by atoms with van der Waals surface area (Å²) in [4.78, 5) is 27.7. The van der Waals surface area contributed by atoms with Crippen molar-refractivity contribution < 1.29 is 4.79 Å². The summed E-state index contributed by atoms with van der Waals surface area (Å²) in [6, 6.07) is 56.7. The van der Waals surface area contributed by atoms with Gasteiger partial charge in [0.15, 0.2) is 0 Å². The summed E-state index contributed by atoms with van der Waals surface area (Å²) >= 11 is 0. The fraction of sp³-hybridized carbons (Fsp3) is 0.0208. The van der Waals surface area contributed by atoms with Crippen molar-refractivity contribution in [2.75, 3.05) is 5.32 Å². The van der Waals surface area contributed by atoms with Crippen LogP contribution < -0.4 is 26.7 Å². The number of aromatic amines is 4. The van der Waals surface area contributed by atoms with Gasteiger partial charge in [0.2, 0.25) is 0 Å². The molecule has 5 N–H and O–H groups in total. The highest BCUT2D eigenvalue weighted by molar-refractivity contribution is 6.03. The zero-order chi connectivity index (χ0) is 36.6. The Balaban J connectivity index is 1.37. The Hall–Kier alpha value is -7.31. The number of amides is 1. The molecule has 0 saturated heterocycles. The molecule has 4 aromatic heterocycles. The zero-order valence-electron chi connectivity index (χ0n) is 29.7. The molecule has 0 unspecified atom stereocenters. The molecule has 8 bridgehead atoms. The Kier molecular flexibility index (Phi) is 8.25. The third-order valence-electron chi connectivity index (χ3n) is 9.91. The van der Waals surface area contributed by atoms with Crippen LogP contribution in [0.3, 0.4) is 0 Å². The molecular weight excluding hydrogens is 663 g/mol. The lowest BCUT2D eigenvalue weighted by Crippen LogP contribution is -2.19. The first kappa shape index (κ1) is 32.6. The maximum atomic E-state index is 12.4. The van der Waals surface area contributed by atoms with E-state index >= 15 is 0 Å². The van der Waals surface area contributed by atoms with Gasteiger partial charge in [-0.2, -0.15) is 0 Å². The molecule has 54 heavy (non-hydrogen) atoms. The minimum absolute atomic E-state index is 0.204. The third-order valence-corrected chi connectivity index (χ3v) is 9.91. The van der Waals surface area contributed by atoms with Crippen LogP contribution in [0, 0.1) is 0 Å². The number of H-pyrrole nitrogens is 4. The maximum Gasteiger partial charge on any atom is 0.250 e. The van der Waals surface area contributed by atoms with E-state index in [2.05, 4.69) is 159 Å². The number of anilines is 1. The van der Waals surface area contributed by atoms with E-state index in [1.165, 1.54) is 0 Å². The summed E-state index contributed by atoms with van der Waals surface area (Å²) in [6.45, 7) is 5.48. The molecule has 0 spiro atoms. The van der Waals surface area contributed by atoms with Crippen molar-refractivity contribution in [2.24, 2.45) is 0 Å². The van der Waals surface area contributed by atoms with Crippen LogP contribution in [0.4, 0.5) is 5.69 Å². The predicted molar refractivity (Wildman–Crippen MR) is 217 cm³/mol. The van der Waals surface area contributed by atoms with Gasteiger partial charge in [0.25, 0.3) is 5.91 Å². The molecule has 0 saturated carbocycles. The molecule has 1 aliphatic heterocycles. The molecule has 1 aliphatic rings. The number of carbonyl (C=O) groups excluding carboxylic acids is 1. The first-order chi connectivity index (χ1) is 26.5. The largest absolute Gasteiger partial charge is 0.354 e. The molecule has 9 rings (SSSR count). The van der Waals surface area contributed by atoms with Gasteiger partial charge in [-0.15, -0.1) is 0 Å². The number of aromatic nitrogens is 4. The smallest absolute Gasteiger partial charge is 0.250 e. The van der Waals surface area contributed by atoms with Crippen LogP contribution in [0.1, 0.15) is 52.0 Å². The van der Waals surface area contributed by atoms with Gasteiger partial charge >= 0.3 is 0 Å². The van der Waals surface area contributed by atoms with Gasteiger partial charge in [-0.25, -0.2) is 0 Å². The van der Waals surface area contributed by atoms with E-state index < -0.39 is 0 Å². The second-order valence-electron chi connectivity index (χ2n) is 13.6. The minimum Gasteiger partial charge on any atom is -0.354 e. The number of nitrogens with one attached hydrogen (secondary N) is 5. The van der Waals surface area contributed by atoms with Crippen molar-refractivity contribution in [1.82, 2.24) is 19.9 Å². The Bertz CT molecular complexity index is 2920. The van der Waals surface area contributed by atoms with Crippen molar-refractivity contribution >= 4 is 33.9 Å². The van der Waals surface area contributed by atoms with E-state index in [4.69, 9.17) is 0 Å². The highest BCUT2D eigenvalue weighted by Crippen LogP contribution is 2.28. The number of carbonyl (C=O) groups is 1. The predicted octanol–water partition coefficient (Wildman–Crippen LogP) is 6.82. The fourth-order valence-electron chi connectivity index (χ4n) is 7.34. The monoisotopic (exact) mass is 699 g/mol. The molecule has 1 amide bonds. The van der Waals surface area contributed by atoms with Gasteiger partial charge in [0, 0.05) is 77.7 Å². The molecule has 8 aromatic rings. The maximum absolute atomic E-state index is 12.4. The summed E-state index contributed by atoms with van der Waals surface area (Å²) in [6.07, 6.45) is 0. The SMILES string of the molecule is C=C(C)C(=O)Nc1ccc(C2=c3ccc([nH]3)=C(c3ccccc3)c3ccc([nH]3)C(c3ccccc3)=c3ccc([nH]3)=C(c3ccccc3)c3ccc2[nH]3)cc1. The Labute approximate surface area is 312 Å². The van der Waals surface area contributed by atoms with Gasteiger partial charge in [-0.3, -0.25) is 4.79 Å². The van der Waals surface area contributed by atoms with Crippen molar-refractivity contribution in [3.05, 3.63) is 242 Å². The van der Waals surface area contributed by atoms with Crippen LogP contribution in [-0.2, 0) is 4.79 Å². The van der Waals surface area contributed by atoms with Gasteiger partial charge in [-0.05, 0) is 89.8 Å². The number of rotatable bonds is 6. The zero-order valence-corrected chi connectivity index (χ0v) is 29.7. The molecule has 4 aromatic carbocycles. The van der Waals surface area contributed by atoms with Crippen molar-refractivity contribution in [3.63, 3.8) is 0 Å². The summed E-state index contributed by atoms with van der Waals surface area (Å²) in [5.41, 5.74) is 13.6. The fourth-order valence-corrected chi connectivity index (χ4v) is 7.34. The van der Waals surface area contributed by atoms with Crippen molar-refractivity contribution in [3.8, 4) is 0 Å². The van der Waals surface area contributed by atoms with Crippen LogP contribution in [0.2, 0.25) is 0 Å². The van der Waals surface area contributed by atoms with E-state index in [1.807, 2.05) is 36.4 Å². The average Bonchev–Trinajstić information content (AvgIpc) is 4.05. The highest BCUT2D eigenvalue weighted by Gasteiger charge is 2.18. The average molecular weight is 700 g/mol. The molecule has 0 fully saturated rings. The van der Waals surface area contributed by atoms with Gasteiger partial charge in [0.05, 0.1) is 0 Å². The van der Waals surface area contributed by atoms with E-state index in [0.717, 1.165) is 88.7 Å². The second-order valence-corrected chi connectivity index (χ2v) is 13.6. The number of hydrogen-bond donors (Lipinski definition) is 5. The molecule has 0 aliphatic carbocycles. The summed E-state index contributed by atoms with van der Waals surface area (Å²) in [5.74, 6) is -0.204. The lowest BCUT2D eigenvalue weighted by Gasteiger charge is -2.10. The van der Waals surface area contributed by atoms with E-state index in [1.54, 1.807) is 6.92 Å². The standard InChI is InChI=1S/C48H37N5O/c1-30(2)48(54)49-35-20-18-34(19-21-35)47-42-28-26-40(52-42)45(32-14-8-4-9-15-32)38-24-22-36(50-38)44(31-12-6-3-7-13-31)37-23-25-39(51-37)46(33-16-10-5-11-17-33)41-27-29-43(47)53-41/h3-29,50-53H,1H2,2H3,(H,49,54). The van der Waals surface area contributed by atoms with Crippen LogP contribution in [0.15, 0.2) is 176 Å². The normalized spacial score (nSPS) is 12.5. The van der Waals surface area contributed by atoms with E-state index in [-0.39, 0.29) is 5.91 Å². The Morgan fingerprint density at radius 3 is 1.04 bits per heavy atom. The molecule has 260 valence electrons.